The Morgan fingerprint density at radius 3 is 2.46 bits per heavy atom. The van der Waals surface area contributed by atoms with Crippen LogP contribution in [0.1, 0.15) is 45.6 Å². The monoisotopic (exact) mass is 561 g/mol. The quantitative estimate of drug-likeness (QED) is 0.352. The zero-order valence-corrected chi connectivity index (χ0v) is 24.0. The standard InChI is InChI=1S/C28H39N3O7S/c1-5-8-14-29-28(33)24(6-2)30(19-21-10-9-11-23(17-21)36-4)27(32)20-31(39(34,35)7-3)22-12-13-25-26(18-22)38-16-15-37-25/h9-13,17-18,24H,5-8,14-16,19-20H2,1-4H3,(H,29,33)/t24-/m0/s1. The van der Waals surface area contributed by atoms with Gasteiger partial charge < -0.3 is 24.4 Å². The van der Waals surface area contributed by atoms with Crippen LogP contribution in [0.25, 0.3) is 0 Å². The average Bonchev–Trinajstić information content (AvgIpc) is 2.95. The van der Waals surface area contributed by atoms with Gasteiger partial charge in [-0.05, 0) is 49.6 Å². The van der Waals surface area contributed by atoms with Crippen molar-refractivity contribution in [3.8, 4) is 17.2 Å². The highest BCUT2D eigenvalue weighted by Gasteiger charge is 2.33. The van der Waals surface area contributed by atoms with Crippen molar-refractivity contribution in [2.24, 2.45) is 0 Å². The van der Waals surface area contributed by atoms with Crippen molar-refractivity contribution >= 4 is 27.5 Å². The smallest absolute Gasteiger partial charge is 0.244 e. The second-order valence-electron chi connectivity index (χ2n) is 9.18. The molecule has 0 aromatic heterocycles. The zero-order valence-electron chi connectivity index (χ0n) is 23.1. The van der Waals surface area contributed by atoms with E-state index in [1.807, 2.05) is 26.0 Å². The zero-order chi connectivity index (χ0) is 28.4. The number of amides is 2. The average molecular weight is 562 g/mol. The Morgan fingerprint density at radius 2 is 1.79 bits per heavy atom. The number of ether oxygens (including phenoxy) is 3. The van der Waals surface area contributed by atoms with Crippen LogP contribution in [0, 0.1) is 0 Å². The molecule has 1 N–H and O–H groups in total. The number of methoxy groups -OCH3 is 1. The summed E-state index contributed by atoms with van der Waals surface area (Å²) in [5, 5.41) is 2.92. The lowest BCUT2D eigenvalue weighted by Crippen LogP contribution is -2.52. The van der Waals surface area contributed by atoms with E-state index in [0.29, 0.717) is 43.4 Å². The van der Waals surface area contributed by atoms with E-state index < -0.39 is 28.5 Å². The first-order valence-electron chi connectivity index (χ1n) is 13.3. The summed E-state index contributed by atoms with van der Waals surface area (Å²) in [6.45, 7) is 6.26. The molecule has 0 fully saturated rings. The minimum atomic E-state index is -3.85. The molecule has 0 bridgehead atoms. The van der Waals surface area contributed by atoms with Gasteiger partial charge in [0.2, 0.25) is 21.8 Å². The molecule has 0 saturated heterocycles. The lowest BCUT2D eigenvalue weighted by molar-refractivity contribution is -0.140. The molecule has 0 saturated carbocycles. The van der Waals surface area contributed by atoms with Crippen LogP contribution in [0.2, 0.25) is 0 Å². The molecule has 1 aliphatic heterocycles. The summed E-state index contributed by atoms with van der Waals surface area (Å²) in [6, 6.07) is 11.2. The molecule has 1 aliphatic rings. The minimum absolute atomic E-state index is 0.108. The first-order chi connectivity index (χ1) is 18.7. The van der Waals surface area contributed by atoms with Gasteiger partial charge in [0.25, 0.3) is 0 Å². The van der Waals surface area contributed by atoms with Gasteiger partial charge in [0.15, 0.2) is 11.5 Å². The number of sulfonamides is 1. The van der Waals surface area contributed by atoms with Crippen LogP contribution < -0.4 is 23.8 Å². The highest BCUT2D eigenvalue weighted by molar-refractivity contribution is 7.92. The molecule has 39 heavy (non-hydrogen) atoms. The number of unbranched alkanes of at least 4 members (excludes halogenated alkanes) is 1. The van der Waals surface area contributed by atoms with Crippen LogP contribution in [-0.4, -0.2) is 70.3 Å². The third kappa shape index (κ3) is 7.78. The Balaban J connectivity index is 1.96. The summed E-state index contributed by atoms with van der Waals surface area (Å²) >= 11 is 0. The van der Waals surface area contributed by atoms with Gasteiger partial charge in [0.1, 0.15) is 31.5 Å². The molecule has 2 aromatic rings. The van der Waals surface area contributed by atoms with Gasteiger partial charge in [0.05, 0.1) is 18.6 Å². The molecule has 3 rings (SSSR count). The van der Waals surface area contributed by atoms with Crippen LogP contribution in [0.15, 0.2) is 42.5 Å². The van der Waals surface area contributed by atoms with E-state index in [1.165, 1.54) is 11.8 Å². The molecule has 0 unspecified atom stereocenters. The summed E-state index contributed by atoms with van der Waals surface area (Å²) in [4.78, 5) is 28.6. The summed E-state index contributed by atoms with van der Waals surface area (Å²) < 4.78 is 44.0. The molecular weight excluding hydrogens is 522 g/mol. The van der Waals surface area contributed by atoms with Crippen molar-refractivity contribution in [3.05, 3.63) is 48.0 Å². The van der Waals surface area contributed by atoms with E-state index in [0.717, 1.165) is 22.7 Å². The van der Waals surface area contributed by atoms with Gasteiger partial charge in [-0.3, -0.25) is 13.9 Å². The molecule has 1 atom stereocenters. The van der Waals surface area contributed by atoms with Gasteiger partial charge in [-0.1, -0.05) is 32.4 Å². The van der Waals surface area contributed by atoms with Crippen LogP contribution in [0.5, 0.6) is 17.2 Å². The van der Waals surface area contributed by atoms with Crippen LogP contribution in [0.4, 0.5) is 5.69 Å². The minimum Gasteiger partial charge on any atom is -0.497 e. The predicted octanol–water partition coefficient (Wildman–Crippen LogP) is 3.35. The van der Waals surface area contributed by atoms with Gasteiger partial charge in [-0.15, -0.1) is 0 Å². The summed E-state index contributed by atoms with van der Waals surface area (Å²) in [6.07, 6.45) is 2.10. The molecule has 0 radical (unpaired) electrons. The predicted molar refractivity (Wildman–Crippen MR) is 150 cm³/mol. The van der Waals surface area contributed by atoms with E-state index in [9.17, 15) is 18.0 Å². The fourth-order valence-electron chi connectivity index (χ4n) is 4.30. The third-order valence-corrected chi connectivity index (χ3v) is 8.24. The molecule has 0 aliphatic carbocycles. The SMILES string of the molecule is CCCCNC(=O)[C@H](CC)N(Cc1cccc(OC)c1)C(=O)CN(c1ccc2c(c1)OCCO2)S(=O)(=O)CC. The lowest BCUT2D eigenvalue weighted by Gasteiger charge is -2.33. The number of rotatable bonds is 14. The summed E-state index contributed by atoms with van der Waals surface area (Å²) in [7, 11) is -2.30. The fourth-order valence-corrected chi connectivity index (χ4v) is 5.35. The molecule has 2 aromatic carbocycles. The Hall–Kier alpha value is -3.47. The number of benzene rings is 2. The molecule has 214 valence electrons. The second-order valence-corrected chi connectivity index (χ2v) is 11.4. The first-order valence-corrected chi connectivity index (χ1v) is 14.9. The van der Waals surface area contributed by atoms with Crippen molar-refractivity contribution in [2.45, 2.75) is 52.6 Å². The number of hydrogen-bond donors (Lipinski definition) is 1. The molecule has 1 heterocycles. The van der Waals surface area contributed by atoms with Crippen molar-refractivity contribution in [1.82, 2.24) is 10.2 Å². The van der Waals surface area contributed by atoms with Crippen molar-refractivity contribution in [1.29, 1.82) is 0 Å². The second kappa shape index (κ2) is 14.1. The van der Waals surface area contributed by atoms with Crippen LogP contribution in [0.3, 0.4) is 0 Å². The Kier molecular flexibility index (Phi) is 10.8. The maximum Gasteiger partial charge on any atom is 0.244 e. The summed E-state index contributed by atoms with van der Waals surface area (Å²) in [5.41, 5.74) is 1.04. The largest absolute Gasteiger partial charge is 0.497 e. The highest BCUT2D eigenvalue weighted by atomic mass is 32.2. The first kappa shape index (κ1) is 30.1. The molecule has 2 amide bonds. The fraction of sp³-hybridized carbons (Fsp3) is 0.500. The van der Waals surface area contributed by atoms with Gasteiger partial charge in [-0.25, -0.2) is 8.42 Å². The number of anilines is 1. The number of hydrogen-bond acceptors (Lipinski definition) is 7. The maximum atomic E-state index is 13.9. The van der Waals surface area contributed by atoms with Gasteiger partial charge in [0, 0.05) is 19.2 Å². The topological polar surface area (TPSA) is 114 Å². The number of carbonyl (C=O) groups excluding carboxylic acids is 2. The number of carbonyl (C=O) groups is 2. The van der Waals surface area contributed by atoms with E-state index in [1.54, 1.807) is 37.4 Å². The Bertz CT molecular complexity index is 1240. The van der Waals surface area contributed by atoms with Gasteiger partial charge in [-0.2, -0.15) is 0 Å². The van der Waals surface area contributed by atoms with E-state index >= 15 is 0 Å². The van der Waals surface area contributed by atoms with Crippen molar-refractivity contribution < 1.29 is 32.2 Å². The van der Waals surface area contributed by atoms with Gasteiger partial charge >= 0.3 is 0 Å². The molecule has 11 heteroatoms. The van der Waals surface area contributed by atoms with Crippen LogP contribution >= 0.6 is 0 Å². The van der Waals surface area contributed by atoms with Crippen molar-refractivity contribution in [2.75, 3.05) is 43.5 Å². The Morgan fingerprint density at radius 1 is 1.05 bits per heavy atom. The summed E-state index contributed by atoms with van der Waals surface area (Å²) in [5.74, 6) is 0.567. The van der Waals surface area contributed by atoms with Crippen LogP contribution in [-0.2, 0) is 26.2 Å². The normalized spacial score (nSPS) is 13.3. The van der Waals surface area contributed by atoms with E-state index in [4.69, 9.17) is 14.2 Å². The third-order valence-electron chi connectivity index (χ3n) is 6.50. The maximum absolute atomic E-state index is 13.9. The van der Waals surface area contributed by atoms with E-state index in [2.05, 4.69) is 5.32 Å². The molecule has 10 nitrogen and oxygen atoms in total. The molecule has 0 spiro atoms. The number of nitrogens with one attached hydrogen (secondary N) is 1. The number of fused-ring (bicyclic) bond motifs is 1. The number of nitrogens with zero attached hydrogens (tertiary/aromatic N) is 2. The lowest BCUT2D eigenvalue weighted by atomic mass is 10.1. The van der Waals surface area contributed by atoms with E-state index in [-0.39, 0.29) is 23.9 Å². The molecular formula is C28H39N3O7S. The van der Waals surface area contributed by atoms with Crippen molar-refractivity contribution in [3.63, 3.8) is 0 Å². The highest BCUT2D eigenvalue weighted by Crippen LogP contribution is 2.35. The Labute approximate surface area is 231 Å².